The highest BCUT2D eigenvalue weighted by Crippen LogP contribution is 2.15. The van der Waals surface area contributed by atoms with Crippen molar-refractivity contribution in [3.8, 4) is 0 Å². The number of aromatic nitrogens is 1. The van der Waals surface area contributed by atoms with Gasteiger partial charge in [-0.1, -0.05) is 13.0 Å². The van der Waals surface area contributed by atoms with E-state index < -0.39 is 0 Å². The third-order valence-corrected chi connectivity index (χ3v) is 2.73. The van der Waals surface area contributed by atoms with Crippen LogP contribution in [0, 0.1) is 0 Å². The Bertz CT molecular complexity index is 379. The number of carbonyl (C=O) groups is 1. The van der Waals surface area contributed by atoms with E-state index in [0.717, 1.165) is 10.9 Å². The fourth-order valence-corrected chi connectivity index (χ4v) is 1.82. The molecule has 4 heteroatoms. The van der Waals surface area contributed by atoms with E-state index in [1.807, 2.05) is 13.0 Å². The Hall–Kier alpha value is -1.16. The topological polar surface area (TPSA) is 33.2 Å². The summed E-state index contributed by atoms with van der Waals surface area (Å²) in [6.45, 7) is 6.96. The molecule has 0 saturated carbocycles. The van der Waals surface area contributed by atoms with Crippen LogP contribution in [0.5, 0.6) is 0 Å². The van der Waals surface area contributed by atoms with Crippen LogP contribution in [-0.4, -0.2) is 28.9 Å². The van der Waals surface area contributed by atoms with E-state index in [-0.39, 0.29) is 5.91 Å². The smallest absolute Gasteiger partial charge is 0.273 e. The van der Waals surface area contributed by atoms with Crippen molar-refractivity contribution in [3.05, 3.63) is 41.2 Å². The highest BCUT2D eigenvalue weighted by atomic mass is 79.9. The van der Waals surface area contributed by atoms with E-state index in [1.165, 1.54) is 0 Å². The van der Waals surface area contributed by atoms with Gasteiger partial charge in [0.15, 0.2) is 0 Å². The van der Waals surface area contributed by atoms with Crippen molar-refractivity contribution in [1.29, 1.82) is 0 Å². The Morgan fingerprint density at radius 2 is 2.44 bits per heavy atom. The molecule has 0 unspecified atom stereocenters. The zero-order chi connectivity index (χ0) is 12.0. The lowest BCUT2D eigenvalue weighted by Crippen LogP contribution is -2.32. The molecule has 0 spiro atoms. The number of amides is 1. The third-order valence-electron chi connectivity index (χ3n) is 2.09. The highest BCUT2D eigenvalue weighted by Gasteiger charge is 2.17. The van der Waals surface area contributed by atoms with Crippen molar-refractivity contribution >= 4 is 21.8 Å². The molecule has 0 bridgehead atoms. The van der Waals surface area contributed by atoms with Gasteiger partial charge in [0.25, 0.3) is 5.91 Å². The average molecular weight is 283 g/mol. The highest BCUT2D eigenvalue weighted by molar-refractivity contribution is 9.10. The Labute approximate surface area is 104 Å². The summed E-state index contributed by atoms with van der Waals surface area (Å²) >= 11 is 3.33. The van der Waals surface area contributed by atoms with Crippen molar-refractivity contribution in [1.82, 2.24) is 9.88 Å². The summed E-state index contributed by atoms with van der Waals surface area (Å²) in [5, 5.41) is 0. The van der Waals surface area contributed by atoms with Gasteiger partial charge in [0.05, 0.1) is 0 Å². The van der Waals surface area contributed by atoms with Crippen LogP contribution >= 0.6 is 15.9 Å². The van der Waals surface area contributed by atoms with Crippen molar-refractivity contribution in [2.24, 2.45) is 0 Å². The van der Waals surface area contributed by atoms with Crippen molar-refractivity contribution < 1.29 is 4.79 Å². The molecule has 0 aliphatic heterocycles. The predicted molar refractivity (Wildman–Crippen MR) is 68.3 cm³/mol. The van der Waals surface area contributed by atoms with Crippen LogP contribution in [0.3, 0.4) is 0 Å². The van der Waals surface area contributed by atoms with E-state index in [4.69, 9.17) is 0 Å². The summed E-state index contributed by atoms with van der Waals surface area (Å²) in [5.74, 6) is -0.0609. The molecule has 1 rings (SSSR count). The molecule has 0 N–H and O–H groups in total. The van der Waals surface area contributed by atoms with Gasteiger partial charge >= 0.3 is 0 Å². The number of pyridine rings is 1. The summed E-state index contributed by atoms with van der Waals surface area (Å²) in [6, 6.07) is 3.61. The SMILES string of the molecule is C=CCN(CCC)C(=O)c1ncccc1Br. The minimum atomic E-state index is -0.0609. The number of hydrogen-bond donors (Lipinski definition) is 0. The fourth-order valence-electron chi connectivity index (χ4n) is 1.39. The molecule has 0 atom stereocenters. The Morgan fingerprint density at radius 3 is 3.00 bits per heavy atom. The molecule has 1 aromatic heterocycles. The van der Waals surface area contributed by atoms with Gasteiger partial charge in [0, 0.05) is 23.8 Å². The van der Waals surface area contributed by atoms with Crippen LogP contribution in [-0.2, 0) is 0 Å². The summed E-state index contributed by atoms with van der Waals surface area (Å²) in [4.78, 5) is 18.0. The van der Waals surface area contributed by atoms with Gasteiger partial charge in [-0.3, -0.25) is 4.79 Å². The second kappa shape index (κ2) is 6.43. The van der Waals surface area contributed by atoms with E-state index in [0.29, 0.717) is 18.8 Å². The molecule has 0 radical (unpaired) electrons. The van der Waals surface area contributed by atoms with Crippen molar-refractivity contribution in [2.45, 2.75) is 13.3 Å². The van der Waals surface area contributed by atoms with Crippen LogP contribution in [0.25, 0.3) is 0 Å². The van der Waals surface area contributed by atoms with E-state index in [2.05, 4.69) is 27.5 Å². The molecule has 1 heterocycles. The zero-order valence-electron chi connectivity index (χ0n) is 9.32. The number of nitrogens with zero attached hydrogens (tertiary/aromatic N) is 2. The van der Waals surface area contributed by atoms with Gasteiger partial charge < -0.3 is 4.90 Å². The normalized spacial score (nSPS) is 9.88. The molecule has 1 amide bonds. The summed E-state index contributed by atoms with van der Waals surface area (Å²) in [5.41, 5.74) is 0.456. The lowest BCUT2D eigenvalue weighted by molar-refractivity contribution is 0.0767. The maximum Gasteiger partial charge on any atom is 0.273 e. The van der Waals surface area contributed by atoms with Crippen LogP contribution in [0.1, 0.15) is 23.8 Å². The van der Waals surface area contributed by atoms with Crippen LogP contribution in [0.4, 0.5) is 0 Å². The molecule has 3 nitrogen and oxygen atoms in total. The van der Waals surface area contributed by atoms with Gasteiger partial charge in [-0.05, 0) is 34.5 Å². The molecule has 86 valence electrons. The molecule has 0 fully saturated rings. The van der Waals surface area contributed by atoms with Crippen LogP contribution in [0.15, 0.2) is 35.5 Å². The molecular weight excluding hydrogens is 268 g/mol. The van der Waals surface area contributed by atoms with Gasteiger partial charge in [0.2, 0.25) is 0 Å². The summed E-state index contributed by atoms with van der Waals surface area (Å²) in [7, 11) is 0. The average Bonchev–Trinajstić information content (AvgIpc) is 2.28. The lowest BCUT2D eigenvalue weighted by Gasteiger charge is -2.20. The Balaban J connectivity index is 2.89. The molecule has 0 aliphatic carbocycles. The van der Waals surface area contributed by atoms with E-state index in [1.54, 1.807) is 23.2 Å². The van der Waals surface area contributed by atoms with Gasteiger partial charge in [-0.15, -0.1) is 6.58 Å². The maximum absolute atomic E-state index is 12.1. The number of hydrogen-bond acceptors (Lipinski definition) is 2. The first kappa shape index (κ1) is 12.9. The number of rotatable bonds is 5. The van der Waals surface area contributed by atoms with Crippen molar-refractivity contribution in [2.75, 3.05) is 13.1 Å². The fraction of sp³-hybridized carbons (Fsp3) is 0.333. The first-order chi connectivity index (χ1) is 7.70. The summed E-state index contributed by atoms with van der Waals surface area (Å²) in [6.07, 6.45) is 4.27. The number of carbonyl (C=O) groups excluding carboxylic acids is 1. The molecule has 0 aromatic carbocycles. The molecular formula is C12H15BrN2O. The lowest BCUT2D eigenvalue weighted by atomic mass is 10.3. The van der Waals surface area contributed by atoms with Crippen LogP contribution in [0.2, 0.25) is 0 Å². The zero-order valence-corrected chi connectivity index (χ0v) is 10.9. The predicted octanol–water partition coefficient (Wildman–Crippen LogP) is 2.88. The number of halogens is 1. The largest absolute Gasteiger partial charge is 0.334 e. The Kier molecular flexibility index (Phi) is 5.19. The van der Waals surface area contributed by atoms with Gasteiger partial charge in [-0.2, -0.15) is 0 Å². The molecule has 1 aromatic rings. The summed E-state index contributed by atoms with van der Waals surface area (Å²) < 4.78 is 0.727. The molecule has 0 aliphatic rings. The standard InChI is InChI=1S/C12H15BrN2O/c1-3-8-15(9-4-2)12(16)11-10(13)6-5-7-14-11/h3,5-7H,1,4,8-9H2,2H3. The molecule has 16 heavy (non-hydrogen) atoms. The van der Waals surface area contributed by atoms with Crippen LogP contribution < -0.4 is 0 Å². The third kappa shape index (κ3) is 3.17. The van der Waals surface area contributed by atoms with Gasteiger partial charge in [0.1, 0.15) is 5.69 Å². The molecule has 0 saturated heterocycles. The van der Waals surface area contributed by atoms with E-state index >= 15 is 0 Å². The monoisotopic (exact) mass is 282 g/mol. The Morgan fingerprint density at radius 1 is 1.69 bits per heavy atom. The first-order valence-corrected chi connectivity index (χ1v) is 6.00. The minimum Gasteiger partial charge on any atom is -0.334 e. The van der Waals surface area contributed by atoms with E-state index in [9.17, 15) is 4.79 Å². The minimum absolute atomic E-state index is 0.0609. The second-order valence-electron chi connectivity index (χ2n) is 3.37. The first-order valence-electron chi connectivity index (χ1n) is 5.21. The van der Waals surface area contributed by atoms with Gasteiger partial charge in [-0.25, -0.2) is 4.98 Å². The quantitative estimate of drug-likeness (QED) is 0.778. The second-order valence-corrected chi connectivity index (χ2v) is 4.23. The van der Waals surface area contributed by atoms with Crippen molar-refractivity contribution in [3.63, 3.8) is 0 Å². The maximum atomic E-state index is 12.1.